The summed E-state index contributed by atoms with van der Waals surface area (Å²) in [6, 6.07) is 8.70. The third kappa shape index (κ3) is 4.82. The van der Waals surface area contributed by atoms with Gasteiger partial charge in [0.1, 0.15) is 0 Å². The van der Waals surface area contributed by atoms with E-state index in [-0.39, 0.29) is 24.9 Å². The number of aromatic nitrogens is 3. The number of urea groups is 1. The number of benzene rings is 1. The van der Waals surface area contributed by atoms with Gasteiger partial charge in [0, 0.05) is 35.6 Å². The topological polar surface area (TPSA) is 101 Å². The molecular weight excluding hydrogens is 412 g/mol. The van der Waals surface area contributed by atoms with Gasteiger partial charge in [0.25, 0.3) is 0 Å². The lowest BCUT2D eigenvalue weighted by Gasteiger charge is -2.08. The van der Waals surface area contributed by atoms with Gasteiger partial charge in [-0.2, -0.15) is 5.10 Å². The number of nitrogens with one attached hydrogen (secondary N) is 3. The van der Waals surface area contributed by atoms with Crippen LogP contribution in [0.1, 0.15) is 12.1 Å². The van der Waals surface area contributed by atoms with E-state index in [1.54, 1.807) is 23.0 Å². The third-order valence-electron chi connectivity index (χ3n) is 3.89. The van der Waals surface area contributed by atoms with Gasteiger partial charge in [0.05, 0.1) is 17.6 Å². The van der Waals surface area contributed by atoms with Crippen molar-refractivity contribution < 1.29 is 9.59 Å². The zero-order chi connectivity index (χ0) is 19.4. The van der Waals surface area contributed by atoms with Gasteiger partial charge in [0.15, 0.2) is 5.65 Å². The standard InChI is InChI=1S/C18H19BrN6O2/c1-11-15-9-14(10-21-17(15)25(2)24-11)22-16(26)7-8-20-18(27)23-13-5-3-12(19)4-6-13/h3-6,9-10H,7-8H2,1-2H3,(H,22,26)(H2,20,23,27). The molecule has 0 fully saturated rings. The summed E-state index contributed by atoms with van der Waals surface area (Å²) in [7, 11) is 1.82. The molecule has 2 heterocycles. The number of carbonyl (C=O) groups excluding carboxylic acids is 2. The molecule has 0 saturated heterocycles. The minimum Gasteiger partial charge on any atom is -0.337 e. The van der Waals surface area contributed by atoms with Gasteiger partial charge in [-0.1, -0.05) is 15.9 Å². The third-order valence-corrected chi connectivity index (χ3v) is 4.42. The molecule has 8 nitrogen and oxygen atoms in total. The zero-order valence-electron chi connectivity index (χ0n) is 14.9. The number of aryl methyl sites for hydroxylation is 2. The van der Waals surface area contributed by atoms with Crippen LogP contribution in [-0.2, 0) is 11.8 Å². The summed E-state index contributed by atoms with van der Waals surface area (Å²) < 4.78 is 2.63. The fourth-order valence-electron chi connectivity index (χ4n) is 2.60. The Bertz CT molecular complexity index is 983. The molecule has 0 bridgehead atoms. The van der Waals surface area contributed by atoms with E-state index in [1.807, 2.05) is 32.2 Å². The molecule has 0 saturated carbocycles. The molecule has 3 amide bonds. The Kier molecular flexibility index (Phi) is 5.70. The Morgan fingerprint density at radius 3 is 2.63 bits per heavy atom. The molecule has 0 spiro atoms. The molecule has 3 N–H and O–H groups in total. The first-order valence-electron chi connectivity index (χ1n) is 8.32. The van der Waals surface area contributed by atoms with Crippen LogP contribution in [0.5, 0.6) is 0 Å². The molecule has 0 atom stereocenters. The quantitative estimate of drug-likeness (QED) is 0.578. The second kappa shape index (κ2) is 8.17. The molecule has 3 rings (SSSR count). The van der Waals surface area contributed by atoms with E-state index in [0.717, 1.165) is 21.2 Å². The summed E-state index contributed by atoms with van der Waals surface area (Å²) in [5.74, 6) is -0.207. The van der Waals surface area contributed by atoms with Gasteiger partial charge in [-0.15, -0.1) is 0 Å². The Hall–Kier alpha value is -2.94. The van der Waals surface area contributed by atoms with Crippen molar-refractivity contribution in [1.29, 1.82) is 0 Å². The highest BCUT2D eigenvalue weighted by molar-refractivity contribution is 9.10. The van der Waals surface area contributed by atoms with E-state index in [2.05, 4.69) is 42.0 Å². The Morgan fingerprint density at radius 2 is 1.89 bits per heavy atom. The van der Waals surface area contributed by atoms with Crippen molar-refractivity contribution in [3.8, 4) is 0 Å². The molecule has 27 heavy (non-hydrogen) atoms. The molecule has 2 aromatic heterocycles. The molecule has 0 aliphatic rings. The van der Waals surface area contributed by atoms with Gasteiger partial charge in [-0.25, -0.2) is 9.78 Å². The van der Waals surface area contributed by atoms with Crippen LogP contribution >= 0.6 is 15.9 Å². The molecule has 0 aliphatic heterocycles. The molecule has 9 heteroatoms. The van der Waals surface area contributed by atoms with Crippen molar-refractivity contribution in [2.45, 2.75) is 13.3 Å². The highest BCUT2D eigenvalue weighted by Gasteiger charge is 2.09. The number of carbonyl (C=O) groups is 2. The average molecular weight is 431 g/mol. The largest absolute Gasteiger partial charge is 0.337 e. The number of hydrogen-bond acceptors (Lipinski definition) is 4. The van der Waals surface area contributed by atoms with Crippen molar-refractivity contribution in [2.75, 3.05) is 17.2 Å². The monoisotopic (exact) mass is 430 g/mol. The van der Waals surface area contributed by atoms with E-state index < -0.39 is 0 Å². The molecule has 1 aromatic carbocycles. The lowest BCUT2D eigenvalue weighted by atomic mass is 10.2. The summed E-state index contributed by atoms with van der Waals surface area (Å²) in [6.07, 6.45) is 1.74. The highest BCUT2D eigenvalue weighted by atomic mass is 79.9. The molecule has 3 aromatic rings. The van der Waals surface area contributed by atoms with Crippen LogP contribution in [0.25, 0.3) is 11.0 Å². The molecular formula is C18H19BrN6O2. The second-order valence-corrected chi connectivity index (χ2v) is 6.91. The minimum atomic E-state index is -0.362. The summed E-state index contributed by atoms with van der Waals surface area (Å²) >= 11 is 3.33. The Labute approximate surface area is 164 Å². The van der Waals surface area contributed by atoms with Crippen LogP contribution in [0.4, 0.5) is 16.2 Å². The van der Waals surface area contributed by atoms with Gasteiger partial charge in [0.2, 0.25) is 5.91 Å². The van der Waals surface area contributed by atoms with E-state index >= 15 is 0 Å². The lowest BCUT2D eigenvalue weighted by Crippen LogP contribution is -2.31. The second-order valence-electron chi connectivity index (χ2n) is 5.99. The van der Waals surface area contributed by atoms with Crippen molar-refractivity contribution in [2.24, 2.45) is 7.05 Å². The lowest BCUT2D eigenvalue weighted by molar-refractivity contribution is -0.116. The first-order valence-corrected chi connectivity index (χ1v) is 9.11. The Morgan fingerprint density at radius 1 is 1.15 bits per heavy atom. The number of fused-ring (bicyclic) bond motifs is 1. The maximum Gasteiger partial charge on any atom is 0.319 e. The number of hydrogen-bond donors (Lipinski definition) is 3. The normalized spacial score (nSPS) is 10.6. The summed E-state index contributed by atoms with van der Waals surface area (Å²) in [5.41, 5.74) is 2.88. The SMILES string of the molecule is Cc1nn(C)c2ncc(NC(=O)CCNC(=O)Nc3ccc(Br)cc3)cc12. The fourth-order valence-corrected chi connectivity index (χ4v) is 2.86. The van der Waals surface area contributed by atoms with Crippen LogP contribution in [0.2, 0.25) is 0 Å². The van der Waals surface area contributed by atoms with Gasteiger partial charge >= 0.3 is 6.03 Å². The molecule has 0 unspecified atom stereocenters. The maximum atomic E-state index is 12.1. The van der Waals surface area contributed by atoms with Gasteiger partial charge < -0.3 is 16.0 Å². The maximum absolute atomic E-state index is 12.1. The number of anilines is 2. The van der Waals surface area contributed by atoms with Crippen molar-refractivity contribution in [3.05, 3.63) is 46.7 Å². The van der Waals surface area contributed by atoms with Gasteiger partial charge in [-0.3, -0.25) is 9.48 Å². The number of amides is 3. The fraction of sp³-hybridized carbons (Fsp3) is 0.222. The van der Waals surface area contributed by atoms with E-state index in [0.29, 0.717) is 11.4 Å². The van der Waals surface area contributed by atoms with E-state index in [9.17, 15) is 9.59 Å². The first-order chi connectivity index (χ1) is 12.9. The minimum absolute atomic E-state index is 0.151. The molecule has 140 valence electrons. The number of rotatable bonds is 5. The Balaban J connectivity index is 1.47. The summed E-state index contributed by atoms with van der Waals surface area (Å²) in [6.45, 7) is 2.11. The molecule has 0 aliphatic carbocycles. The summed E-state index contributed by atoms with van der Waals surface area (Å²) in [5, 5.41) is 13.3. The predicted molar refractivity (Wildman–Crippen MR) is 108 cm³/mol. The van der Waals surface area contributed by atoms with Crippen molar-refractivity contribution in [3.63, 3.8) is 0 Å². The van der Waals surface area contributed by atoms with E-state index in [4.69, 9.17) is 0 Å². The zero-order valence-corrected chi connectivity index (χ0v) is 16.5. The van der Waals surface area contributed by atoms with E-state index in [1.165, 1.54) is 0 Å². The smallest absolute Gasteiger partial charge is 0.319 e. The average Bonchev–Trinajstić information content (AvgIpc) is 2.91. The van der Waals surface area contributed by atoms with Crippen molar-refractivity contribution in [1.82, 2.24) is 20.1 Å². The highest BCUT2D eigenvalue weighted by Crippen LogP contribution is 2.19. The summed E-state index contributed by atoms with van der Waals surface area (Å²) in [4.78, 5) is 28.2. The van der Waals surface area contributed by atoms with Crippen LogP contribution in [0.15, 0.2) is 41.0 Å². The van der Waals surface area contributed by atoms with Crippen LogP contribution in [0, 0.1) is 6.92 Å². The number of halogens is 1. The number of nitrogens with zero attached hydrogens (tertiary/aromatic N) is 3. The van der Waals surface area contributed by atoms with Crippen LogP contribution < -0.4 is 16.0 Å². The molecule has 0 radical (unpaired) electrons. The predicted octanol–water partition coefficient (Wildman–Crippen LogP) is 3.19. The van der Waals surface area contributed by atoms with Crippen LogP contribution in [0.3, 0.4) is 0 Å². The number of pyridine rings is 1. The van der Waals surface area contributed by atoms with Crippen molar-refractivity contribution >= 4 is 50.3 Å². The first kappa shape index (κ1) is 18.8. The van der Waals surface area contributed by atoms with Gasteiger partial charge in [-0.05, 0) is 37.3 Å². The van der Waals surface area contributed by atoms with Crippen LogP contribution in [-0.4, -0.2) is 33.2 Å².